The lowest BCUT2D eigenvalue weighted by molar-refractivity contribution is 0.0699. The molecule has 0 unspecified atom stereocenters. The highest BCUT2D eigenvalue weighted by atomic mass is 32.2. The highest BCUT2D eigenvalue weighted by molar-refractivity contribution is 7.92. The van der Waals surface area contributed by atoms with Crippen LogP contribution in [0.25, 0.3) is 22.3 Å². The molecule has 0 atom stereocenters. The van der Waals surface area contributed by atoms with Gasteiger partial charge in [0.15, 0.2) is 0 Å². The largest absolute Gasteiger partial charge is 0.478 e. The molecule has 1 heterocycles. The molecule has 4 aromatic rings. The van der Waals surface area contributed by atoms with Crippen LogP contribution < -0.4 is 9.04 Å². The van der Waals surface area contributed by atoms with Gasteiger partial charge in [-0.15, -0.1) is 0 Å². The van der Waals surface area contributed by atoms with Gasteiger partial charge in [-0.3, -0.25) is 4.31 Å². The Morgan fingerprint density at radius 2 is 1.56 bits per heavy atom. The Bertz CT molecular complexity index is 1880. The van der Waals surface area contributed by atoms with E-state index in [1.165, 1.54) is 35.6 Å². The molecule has 43 heavy (non-hydrogen) atoms. The lowest BCUT2D eigenvalue weighted by atomic mass is 10.0. The van der Waals surface area contributed by atoms with Crippen molar-refractivity contribution in [3.05, 3.63) is 77.6 Å². The number of hydrogen-bond donors (Lipinski definition) is 1. The highest BCUT2D eigenvalue weighted by Gasteiger charge is 2.33. The molecule has 0 aliphatic heterocycles. The average molecular weight is 631 g/mol. The average Bonchev–Trinajstić information content (AvgIpc) is 3.70. The van der Waals surface area contributed by atoms with Gasteiger partial charge in [0.2, 0.25) is 20.0 Å². The molecule has 0 amide bonds. The van der Waals surface area contributed by atoms with Gasteiger partial charge < -0.3 is 14.3 Å². The van der Waals surface area contributed by atoms with Gasteiger partial charge in [0.25, 0.3) is 0 Å². The van der Waals surface area contributed by atoms with Crippen LogP contribution in [-0.4, -0.2) is 64.9 Å². The molecular weight excluding hydrogens is 599 g/mol. The van der Waals surface area contributed by atoms with E-state index in [1.54, 1.807) is 36.4 Å². The third-order valence-corrected chi connectivity index (χ3v) is 9.80. The number of carboxylic acids is 1. The van der Waals surface area contributed by atoms with E-state index in [-0.39, 0.29) is 48.2 Å². The normalized spacial score (nSPS) is 13.9. The summed E-state index contributed by atoms with van der Waals surface area (Å²) in [4.78, 5) is 12.5. The van der Waals surface area contributed by atoms with Crippen molar-refractivity contribution in [2.24, 2.45) is 0 Å². The van der Waals surface area contributed by atoms with Gasteiger partial charge in [0.05, 0.1) is 18.2 Å². The number of carbonyl (C=O) groups is 1. The molecule has 1 fully saturated rings. The van der Waals surface area contributed by atoms with Gasteiger partial charge in [0, 0.05) is 37.2 Å². The second-order valence-electron chi connectivity index (χ2n) is 10.6. The SMILES string of the molecule is CN(CCCN(c1cc2oc(-c3ccc(Oc4ccc(F)cc4)cc3)c(C(=O)O)c2cc1C1CC1)S(C)(=O)=O)S(C)(=O)=O. The Balaban J connectivity index is 1.53. The van der Waals surface area contributed by atoms with Gasteiger partial charge >= 0.3 is 5.97 Å². The number of nitrogens with zero attached hydrogens (tertiary/aromatic N) is 2. The highest BCUT2D eigenvalue weighted by Crippen LogP contribution is 2.48. The van der Waals surface area contributed by atoms with Crippen LogP contribution in [0.1, 0.15) is 41.1 Å². The van der Waals surface area contributed by atoms with Crippen molar-refractivity contribution in [3.63, 3.8) is 0 Å². The number of hydrogen-bond acceptors (Lipinski definition) is 7. The lowest BCUT2D eigenvalue weighted by Gasteiger charge is -2.26. The lowest BCUT2D eigenvalue weighted by Crippen LogP contribution is -2.34. The summed E-state index contributed by atoms with van der Waals surface area (Å²) in [5.41, 5.74) is 1.72. The molecule has 1 saturated carbocycles. The van der Waals surface area contributed by atoms with E-state index < -0.39 is 26.0 Å². The minimum absolute atomic E-state index is 0.0266. The monoisotopic (exact) mass is 630 g/mol. The first-order valence-corrected chi connectivity index (χ1v) is 17.2. The van der Waals surface area contributed by atoms with Crippen molar-refractivity contribution in [1.29, 1.82) is 0 Å². The second-order valence-corrected chi connectivity index (χ2v) is 14.6. The van der Waals surface area contributed by atoms with Crippen LogP contribution in [0.4, 0.5) is 10.1 Å². The fraction of sp³-hybridized carbons (Fsp3) is 0.300. The third kappa shape index (κ3) is 6.84. The molecule has 1 N–H and O–H groups in total. The summed E-state index contributed by atoms with van der Waals surface area (Å²) in [5, 5.41) is 10.5. The zero-order valence-electron chi connectivity index (χ0n) is 23.8. The molecule has 13 heteroatoms. The molecule has 1 aliphatic rings. The van der Waals surface area contributed by atoms with Gasteiger partial charge in [-0.25, -0.2) is 30.3 Å². The summed E-state index contributed by atoms with van der Waals surface area (Å²) in [7, 11) is -5.77. The number of halogens is 1. The molecule has 1 aromatic heterocycles. The van der Waals surface area contributed by atoms with Crippen molar-refractivity contribution in [1.82, 2.24) is 4.31 Å². The number of ether oxygens (including phenoxy) is 1. The maximum absolute atomic E-state index is 13.2. The molecule has 228 valence electrons. The van der Waals surface area contributed by atoms with Crippen molar-refractivity contribution < 1.29 is 40.3 Å². The van der Waals surface area contributed by atoms with Crippen LogP contribution in [0.5, 0.6) is 11.5 Å². The van der Waals surface area contributed by atoms with E-state index in [1.807, 2.05) is 0 Å². The Kier molecular flexibility index (Phi) is 8.25. The molecule has 5 rings (SSSR count). The zero-order valence-corrected chi connectivity index (χ0v) is 25.4. The minimum atomic E-state index is -3.78. The predicted octanol–water partition coefficient (Wildman–Crippen LogP) is 5.65. The number of fused-ring (bicyclic) bond motifs is 1. The fourth-order valence-electron chi connectivity index (χ4n) is 4.88. The van der Waals surface area contributed by atoms with Crippen LogP contribution in [-0.2, 0) is 20.0 Å². The van der Waals surface area contributed by atoms with E-state index in [0.717, 1.165) is 29.7 Å². The van der Waals surface area contributed by atoms with Crippen LogP contribution in [0.15, 0.2) is 65.1 Å². The van der Waals surface area contributed by atoms with Crippen LogP contribution in [0.2, 0.25) is 0 Å². The number of furan rings is 1. The first-order chi connectivity index (χ1) is 20.2. The summed E-state index contributed by atoms with van der Waals surface area (Å²) < 4.78 is 77.0. The molecule has 3 aromatic carbocycles. The van der Waals surface area contributed by atoms with Crippen LogP contribution >= 0.6 is 0 Å². The fourth-order valence-corrected chi connectivity index (χ4v) is 6.32. The summed E-state index contributed by atoms with van der Waals surface area (Å²) in [6.45, 7) is 0.152. The maximum atomic E-state index is 13.2. The smallest absolute Gasteiger partial charge is 0.340 e. The van der Waals surface area contributed by atoms with Crippen molar-refractivity contribution in [2.75, 3.05) is 37.0 Å². The number of benzene rings is 3. The zero-order chi connectivity index (χ0) is 31.1. The first-order valence-electron chi connectivity index (χ1n) is 13.5. The number of sulfonamides is 2. The summed E-state index contributed by atoms with van der Waals surface area (Å²) in [6.07, 6.45) is 4.07. The van der Waals surface area contributed by atoms with Crippen LogP contribution in [0, 0.1) is 5.82 Å². The summed E-state index contributed by atoms with van der Waals surface area (Å²) in [5.74, 6) is -0.532. The van der Waals surface area contributed by atoms with E-state index >= 15 is 0 Å². The Morgan fingerprint density at radius 3 is 2.09 bits per heavy atom. The number of rotatable bonds is 12. The summed E-state index contributed by atoms with van der Waals surface area (Å²) >= 11 is 0. The Morgan fingerprint density at radius 1 is 0.953 bits per heavy atom. The van der Waals surface area contributed by atoms with E-state index in [9.17, 15) is 31.1 Å². The van der Waals surface area contributed by atoms with Crippen LogP contribution in [0.3, 0.4) is 0 Å². The first kappa shape index (κ1) is 30.5. The topological polar surface area (TPSA) is 134 Å². The van der Waals surface area contributed by atoms with Crippen molar-refractivity contribution >= 4 is 42.7 Å². The third-order valence-electron chi connectivity index (χ3n) is 7.30. The number of anilines is 1. The molecule has 0 spiro atoms. The summed E-state index contributed by atoms with van der Waals surface area (Å²) in [6, 6.07) is 15.4. The molecular formula is C30H31FN2O8S2. The molecule has 0 radical (unpaired) electrons. The van der Waals surface area contributed by atoms with Crippen molar-refractivity contribution in [2.45, 2.75) is 25.2 Å². The van der Waals surface area contributed by atoms with E-state index in [4.69, 9.17) is 9.15 Å². The van der Waals surface area contributed by atoms with Gasteiger partial charge in [-0.05, 0) is 85.3 Å². The molecule has 0 saturated heterocycles. The number of aromatic carboxylic acids is 1. The van der Waals surface area contributed by atoms with E-state index in [2.05, 4.69) is 0 Å². The van der Waals surface area contributed by atoms with Crippen molar-refractivity contribution in [3.8, 4) is 22.8 Å². The second kappa shape index (κ2) is 11.6. The number of carboxylic acid groups (broad SMARTS) is 1. The van der Waals surface area contributed by atoms with Gasteiger partial charge in [-0.2, -0.15) is 0 Å². The maximum Gasteiger partial charge on any atom is 0.340 e. The van der Waals surface area contributed by atoms with Gasteiger partial charge in [0.1, 0.15) is 34.2 Å². The Labute approximate surface area is 249 Å². The minimum Gasteiger partial charge on any atom is -0.478 e. The molecule has 10 nitrogen and oxygen atoms in total. The predicted molar refractivity (Wildman–Crippen MR) is 161 cm³/mol. The van der Waals surface area contributed by atoms with Gasteiger partial charge in [-0.1, -0.05) is 0 Å². The van der Waals surface area contributed by atoms with E-state index in [0.29, 0.717) is 33.7 Å². The Hall–Kier alpha value is -3.94. The molecule has 0 bridgehead atoms. The standard InChI is InChI=1S/C30H31FN2O8S2/c1-32(42(2,36)37)15-4-16-33(43(3,38)39)26-18-27-25(17-24(26)19-5-6-19)28(30(34)35)29(41-27)20-7-11-22(12-8-20)40-23-13-9-21(31)10-14-23/h7-14,17-19H,4-6,15-16H2,1-3H3,(H,34,35). The molecule has 1 aliphatic carbocycles. The quantitative estimate of drug-likeness (QED) is 0.212.